The number of aromatic hydroxyl groups is 2. The summed E-state index contributed by atoms with van der Waals surface area (Å²) in [6.45, 7) is 7.56. The number of benzene rings is 1. The molecule has 0 aliphatic heterocycles. The molecule has 0 bridgehead atoms. The fraction of sp³-hybridized carbons (Fsp3) is 0.647. The molecule has 0 radical (unpaired) electrons. The van der Waals surface area contributed by atoms with E-state index in [4.69, 9.17) is 0 Å². The number of unbranched alkanes of at least 4 members (excludes halogenated alkanes) is 3. The lowest BCUT2D eigenvalue weighted by molar-refractivity contribution is 0.445. The smallest absolute Gasteiger partial charge is 0.119 e. The number of nitrogens with one attached hydrogen (secondary N) is 1. The molecule has 20 heavy (non-hydrogen) atoms. The van der Waals surface area contributed by atoms with Crippen molar-refractivity contribution in [1.29, 1.82) is 0 Å². The molecule has 0 saturated carbocycles. The van der Waals surface area contributed by atoms with E-state index >= 15 is 0 Å². The van der Waals surface area contributed by atoms with Gasteiger partial charge in [-0.15, -0.1) is 0 Å². The second-order valence-electron chi connectivity index (χ2n) is 6.06. The van der Waals surface area contributed by atoms with Gasteiger partial charge in [0.15, 0.2) is 0 Å². The summed E-state index contributed by atoms with van der Waals surface area (Å²) in [4.78, 5) is 0. The van der Waals surface area contributed by atoms with Gasteiger partial charge in [0.05, 0.1) is 0 Å². The van der Waals surface area contributed by atoms with Crippen LogP contribution in [0.3, 0.4) is 0 Å². The van der Waals surface area contributed by atoms with Gasteiger partial charge in [-0.05, 0) is 43.5 Å². The summed E-state index contributed by atoms with van der Waals surface area (Å²) >= 11 is 0. The zero-order chi connectivity index (χ0) is 15.0. The Morgan fingerprint density at radius 3 is 2.10 bits per heavy atom. The Morgan fingerprint density at radius 1 is 0.900 bits per heavy atom. The molecule has 1 rings (SSSR count). The highest BCUT2D eigenvalue weighted by Gasteiger charge is 2.07. The molecule has 3 N–H and O–H groups in total. The lowest BCUT2D eigenvalue weighted by atomic mass is 10.0. The van der Waals surface area contributed by atoms with Gasteiger partial charge in [0, 0.05) is 12.1 Å². The van der Waals surface area contributed by atoms with Crippen LogP contribution in [-0.4, -0.2) is 16.8 Å². The zero-order valence-corrected chi connectivity index (χ0v) is 13.0. The molecule has 1 aromatic carbocycles. The predicted molar refractivity (Wildman–Crippen MR) is 84.1 cm³/mol. The van der Waals surface area contributed by atoms with E-state index in [0.717, 1.165) is 18.0 Å². The van der Waals surface area contributed by atoms with Gasteiger partial charge < -0.3 is 15.5 Å². The van der Waals surface area contributed by atoms with Crippen LogP contribution in [-0.2, 0) is 0 Å². The molecule has 3 nitrogen and oxygen atoms in total. The Bertz CT molecular complexity index is 370. The minimum absolute atomic E-state index is 0.113. The van der Waals surface area contributed by atoms with Gasteiger partial charge in [0.25, 0.3) is 0 Å². The maximum Gasteiger partial charge on any atom is 0.119 e. The molecule has 0 aliphatic rings. The first-order chi connectivity index (χ1) is 9.49. The number of hydrogen-bond donors (Lipinski definition) is 3. The molecule has 0 heterocycles. The van der Waals surface area contributed by atoms with Gasteiger partial charge in [0.2, 0.25) is 0 Å². The zero-order valence-electron chi connectivity index (χ0n) is 13.0. The standard InChI is InChI=1S/C17H29NO2/c1-13(2)8-6-4-5-7-9-18-14(3)15-10-16(19)12-17(20)11-15/h10-14,18-20H,4-9H2,1-3H3. The van der Waals surface area contributed by atoms with Crippen LogP contribution in [0.15, 0.2) is 18.2 Å². The SMILES string of the molecule is CC(C)CCCCCCNC(C)c1cc(O)cc(O)c1. The monoisotopic (exact) mass is 279 g/mol. The minimum Gasteiger partial charge on any atom is -0.508 e. The molecular weight excluding hydrogens is 250 g/mol. The summed E-state index contributed by atoms with van der Waals surface area (Å²) in [5.41, 5.74) is 0.919. The van der Waals surface area contributed by atoms with Crippen LogP contribution in [0.4, 0.5) is 0 Å². The van der Waals surface area contributed by atoms with Gasteiger partial charge in [-0.1, -0.05) is 39.5 Å². The molecule has 0 aliphatic carbocycles. The van der Waals surface area contributed by atoms with Crippen LogP contribution < -0.4 is 5.32 Å². The van der Waals surface area contributed by atoms with Gasteiger partial charge in [-0.25, -0.2) is 0 Å². The molecule has 0 aromatic heterocycles. The average molecular weight is 279 g/mol. The maximum absolute atomic E-state index is 9.47. The van der Waals surface area contributed by atoms with Crippen LogP contribution >= 0.6 is 0 Å². The Hall–Kier alpha value is -1.22. The molecular formula is C17H29NO2. The van der Waals surface area contributed by atoms with E-state index < -0.39 is 0 Å². The molecule has 3 heteroatoms. The first-order valence-electron chi connectivity index (χ1n) is 7.75. The van der Waals surface area contributed by atoms with Crippen molar-refractivity contribution in [3.8, 4) is 11.5 Å². The molecule has 0 fully saturated rings. The number of rotatable bonds is 9. The van der Waals surface area contributed by atoms with E-state index in [2.05, 4.69) is 19.2 Å². The highest BCUT2D eigenvalue weighted by atomic mass is 16.3. The van der Waals surface area contributed by atoms with E-state index in [9.17, 15) is 10.2 Å². The highest BCUT2D eigenvalue weighted by Crippen LogP contribution is 2.24. The largest absolute Gasteiger partial charge is 0.508 e. The normalized spacial score (nSPS) is 12.8. The third-order valence-electron chi connectivity index (χ3n) is 3.58. The lowest BCUT2D eigenvalue weighted by Crippen LogP contribution is -2.19. The van der Waals surface area contributed by atoms with Crippen molar-refractivity contribution in [3.63, 3.8) is 0 Å². The highest BCUT2D eigenvalue weighted by molar-refractivity contribution is 5.37. The summed E-state index contributed by atoms with van der Waals surface area (Å²) in [6.07, 6.45) is 6.40. The van der Waals surface area contributed by atoms with Crippen molar-refractivity contribution in [1.82, 2.24) is 5.32 Å². The van der Waals surface area contributed by atoms with Gasteiger partial charge >= 0.3 is 0 Å². The van der Waals surface area contributed by atoms with Crippen LogP contribution in [0.25, 0.3) is 0 Å². The van der Waals surface area contributed by atoms with Crippen molar-refractivity contribution >= 4 is 0 Å². The summed E-state index contributed by atoms with van der Waals surface area (Å²) in [7, 11) is 0. The molecule has 1 unspecified atom stereocenters. The van der Waals surface area contributed by atoms with E-state index in [0.29, 0.717) is 0 Å². The van der Waals surface area contributed by atoms with Crippen molar-refractivity contribution < 1.29 is 10.2 Å². The number of phenols is 2. The molecule has 0 saturated heterocycles. The summed E-state index contributed by atoms with van der Waals surface area (Å²) in [6, 6.07) is 4.88. The summed E-state index contributed by atoms with van der Waals surface area (Å²) in [5, 5.41) is 22.4. The first kappa shape index (κ1) is 16.8. The second kappa shape index (κ2) is 8.85. The number of phenolic OH excluding ortho intramolecular Hbond substituents is 2. The third-order valence-corrected chi connectivity index (χ3v) is 3.58. The van der Waals surface area contributed by atoms with Crippen molar-refractivity contribution in [3.05, 3.63) is 23.8 Å². The van der Waals surface area contributed by atoms with Crippen LogP contribution in [0.2, 0.25) is 0 Å². The first-order valence-corrected chi connectivity index (χ1v) is 7.75. The third kappa shape index (κ3) is 6.80. The van der Waals surface area contributed by atoms with Crippen molar-refractivity contribution in [2.45, 2.75) is 58.9 Å². The van der Waals surface area contributed by atoms with Crippen LogP contribution in [0.1, 0.15) is 64.5 Å². The molecule has 114 valence electrons. The quantitative estimate of drug-likeness (QED) is 0.589. The topological polar surface area (TPSA) is 52.5 Å². The predicted octanol–water partition coefficient (Wildman–Crippen LogP) is 4.35. The fourth-order valence-corrected chi connectivity index (χ4v) is 2.34. The van der Waals surface area contributed by atoms with Gasteiger partial charge in [-0.2, -0.15) is 0 Å². The van der Waals surface area contributed by atoms with Crippen LogP contribution in [0, 0.1) is 5.92 Å². The summed E-state index contributed by atoms with van der Waals surface area (Å²) in [5.74, 6) is 1.04. The Balaban J connectivity index is 2.18. The van der Waals surface area contributed by atoms with E-state index in [1.54, 1.807) is 12.1 Å². The maximum atomic E-state index is 9.47. The molecule has 1 aromatic rings. The fourth-order valence-electron chi connectivity index (χ4n) is 2.34. The van der Waals surface area contributed by atoms with Gasteiger partial charge in [0.1, 0.15) is 11.5 Å². The van der Waals surface area contributed by atoms with E-state index in [1.807, 2.05) is 6.92 Å². The molecule has 0 amide bonds. The Morgan fingerprint density at radius 2 is 1.50 bits per heavy atom. The lowest BCUT2D eigenvalue weighted by Gasteiger charge is -2.15. The van der Waals surface area contributed by atoms with Crippen LogP contribution in [0.5, 0.6) is 11.5 Å². The number of hydrogen-bond acceptors (Lipinski definition) is 3. The Kier molecular flexibility index (Phi) is 7.45. The Labute approximate surface area is 123 Å². The van der Waals surface area contributed by atoms with Crippen molar-refractivity contribution in [2.24, 2.45) is 5.92 Å². The van der Waals surface area contributed by atoms with Gasteiger partial charge in [-0.3, -0.25) is 0 Å². The van der Waals surface area contributed by atoms with Crippen molar-refractivity contribution in [2.75, 3.05) is 6.54 Å². The average Bonchev–Trinajstić information content (AvgIpc) is 2.35. The van der Waals surface area contributed by atoms with E-state index in [-0.39, 0.29) is 17.5 Å². The summed E-state index contributed by atoms with van der Waals surface area (Å²) < 4.78 is 0. The molecule has 1 atom stereocenters. The second-order valence-corrected chi connectivity index (χ2v) is 6.06. The molecule has 0 spiro atoms. The van der Waals surface area contributed by atoms with E-state index in [1.165, 1.54) is 38.2 Å². The minimum atomic E-state index is 0.113.